The molecule has 0 spiro atoms. The number of nitrogens with zero attached hydrogens (tertiary/aromatic N) is 1. The second kappa shape index (κ2) is 5.68. The molecular weight excluding hydrogens is 263 g/mol. The molecule has 5 nitrogen and oxygen atoms in total. The highest BCUT2D eigenvalue weighted by molar-refractivity contribution is 5.96. The molecule has 2 atom stereocenters. The minimum Gasteiger partial charge on any atom is -0.443 e. The summed E-state index contributed by atoms with van der Waals surface area (Å²) < 4.78 is 18.5. The van der Waals surface area contributed by atoms with Crippen molar-refractivity contribution in [3.05, 3.63) is 0 Å². The standard InChI is InChI=1S/C14H25FN2O3/c1-13(2,3)17(12(19)20-14(4,5)6)11(18)10-7-9(15)8-16-10/h9-10,16H,7-8H2,1-6H3/t9-,10-/m0/s1. The number of carbonyl (C=O) groups excluding carboxylic acids is 2. The first-order valence-corrected chi connectivity index (χ1v) is 6.86. The number of hydrogen-bond acceptors (Lipinski definition) is 4. The van der Waals surface area contributed by atoms with Gasteiger partial charge in [-0.15, -0.1) is 0 Å². The van der Waals surface area contributed by atoms with E-state index in [0.29, 0.717) is 0 Å². The van der Waals surface area contributed by atoms with Gasteiger partial charge in [-0.2, -0.15) is 0 Å². The van der Waals surface area contributed by atoms with Crippen molar-refractivity contribution < 1.29 is 18.7 Å². The summed E-state index contributed by atoms with van der Waals surface area (Å²) in [4.78, 5) is 25.8. The van der Waals surface area contributed by atoms with Gasteiger partial charge in [0, 0.05) is 18.5 Å². The quantitative estimate of drug-likeness (QED) is 0.804. The first-order chi connectivity index (χ1) is 8.92. The number of hydrogen-bond donors (Lipinski definition) is 1. The Morgan fingerprint density at radius 1 is 1.20 bits per heavy atom. The second-order valence-electron chi connectivity index (χ2n) is 7.12. The summed E-state index contributed by atoms with van der Waals surface area (Å²) in [6.07, 6.45) is -1.66. The molecule has 0 aliphatic carbocycles. The van der Waals surface area contributed by atoms with Gasteiger partial charge in [-0.3, -0.25) is 4.79 Å². The maximum atomic E-state index is 13.2. The van der Waals surface area contributed by atoms with Gasteiger partial charge in [0.05, 0.1) is 6.04 Å². The molecule has 1 fully saturated rings. The van der Waals surface area contributed by atoms with Crippen molar-refractivity contribution in [1.82, 2.24) is 10.2 Å². The average molecular weight is 288 g/mol. The van der Waals surface area contributed by atoms with Crippen LogP contribution in [0.2, 0.25) is 0 Å². The van der Waals surface area contributed by atoms with Gasteiger partial charge in [-0.25, -0.2) is 14.1 Å². The number of nitrogens with one attached hydrogen (secondary N) is 1. The third-order valence-electron chi connectivity index (χ3n) is 2.84. The van der Waals surface area contributed by atoms with Crippen LogP contribution in [0.25, 0.3) is 0 Å². The van der Waals surface area contributed by atoms with E-state index in [9.17, 15) is 14.0 Å². The van der Waals surface area contributed by atoms with E-state index < -0.39 is 35.4 Å². The Hall–Kier alpha value is -1.17. The van der Waals surface area contributed by atoms with Gasteiger partial charge < -0.3 is 10.1 Å². The highest BCUT2D eigenvalue weighted by atomic mass is 19.1. The Labute approximate surface area is 119 Å². The largest absolute Gasteiger partial charge is 0.443 e. The topological polar surface area (TPSA) is 58.6 Å². The Morgan fingerprint density at radius 3 is 2.10 bits per heavy atom. The van der Waals surface area contributed by atoms with Gasteiger partial charge >= 0.3 is 6.09 Å². The molecule has 0 aromatic rings. The zero-order chi connectivity index (χ0) is 15.7. The average Bonchev–Trinajstić information content (AvgIpc) is 2.59. The first-order valence-electron chi connectivity index (χ1n) is 6.86. The molecule has 1 aliphatic heterocycles. The van der Waals surface area contributed by atoms with Crippen molar-refractivity contribution >= 4 is 12.0 Å². The predicted molar refractivity (Wildman–Crippen MR) is 74.1 cm³/mol. The molecular formula is C14H25FN2O3. The molecule has 0 unspecified atom stereocenters. The van der Waals surface area contributed by atoms with Crippen molar-refractivity contribution in [3.8, 4) is 0 Å². The highest BCUT2D eigenvalue weighted by Crippen LogP contribution is 2.22. The molecule has 1 saturated heterocycles. The summed E-state index contributed by atoms with van der Waals surface area (Å²) >= 11 is 0. The summed E-state index contributed by atoms with van der Waals surface area (Å²) in [7, 11) is 0. The number of carbonyl (C=O) groups is 2. The van der Waals surface area contributed by atoms with Crippen LogP contribution in [0.1, 0.15) is 48.0 Å². The SMILES string of the molecule is CC(C)(C)OC(=O)N(C(=O)[C@@H]1C[C@H](F)CN1)C(C)(C)C. The predicted octanol–water partition coefficient (Wildman–Crippen LogP) is 2.25. The summed E-state index contributed by atoms with van der Waals surface area (Å²) in [6.45, 7) is 10.6. The van der Waals surface area contributed by atoms with Gasteiger partial charge in [0.2, 0.25) is 5.91 Å². The molecule has 1 aliphatic rings. The molecule has 6 heteroatoms. The summed E-state index contributed by atoms with van der Waals surface area (Å²) in [5.74, 6) is -0.438. The normalized spacial score (nSPS) is 23.6. The van der Waals surface area contributed by atoms with E-state index in [1.807, 2.05) is 0 Å². The number of amides is 2. The smallest absolute Gasteiger partial charge is 0.417 e. The maximum absolute atomic E-state index is 13.2. The van der Waals surface area contributed by atoms with E-state index in [-0.39, 0.29) is 13.0 Å². The lowest BCUT2D eigenvalue weighted by Crippen LogP contribution is -2.56. The van der Waals surface area contributed by atoms with Crippen molar-refractivity contribution in [2.45, 2.75) is 71.3 Å². The lowest BCUT2D eigenvalue weighted by Gasteiger charge is -2.36. The molecule has 116 valence electrons. The molecule has 0 bridgehead atoms. The Bertz CT molecular complexity index is 385. The van der Waals surface area contributed by atoms with Gasteiger partial charge in [-0.05, 0) is 41.5 Å². The van der Waals surface area contributed by atoms with Gasteiger partial charge in [0.1, 0.15) is 11.8 Å². The van der Waals surface area contributed by atoms with Gasteiger partial charge in [-0.1, -0.05) is 0 Å². The van der Waals surface area contributed by atoms with Crippen LogP contribution >= 0.6 is 0 Å². The third-order valence-corrected chi connectivity index (χ3v) is 2.84. The molecule has 2 amide bonds. The lowest BCUT2D eigenvalue weighted by atomic mass is 10.0. The molecule has 0 aromatic heterocycles. The number of rotatable bonds is 1. The van der Waals surface area contributed by atoms with E-state index in [4.69, 9.17) is 4.74 Å². The zero-order valence-corrected chi connectivity index (χ0v) is 13.1. The van der Waals surface area contributed by atoms with E-state index in [1.165, 1.54) is 0 Å². The molecule has 20 heavy (non-hydrogen) atoms. The fourth-order valence-electron chi connectivity index (χ4n) is 2.04. The number of halogens is 1. The number of imide groups is 1. The Morgan fingerprint density at radius 2 is 1.75 bits per heavy atom. The van der Waals surface area contributed by atoms with E-state index >= 15 is 0 Å². The molecule has 0 aromatic carbocycles. The van der Waals surface area contributed by atoms with Crippen LogP contribution in [-0.2, 0) is 9.53 Å². The van der Waals surface area contributed by atoms with Crippen LogP contribution in [-0.4, -0.2) is 46.8 Å². The number of alkyl halides is 1. The minimum absolute atomic E-state index is 0.0915. The fraction of sp³-hybridized carbons (Fsp3) is 0.857. The number of ether oxygens (including phenoxy) is 1. The van der Waals surface area contributed by atoms with Crippen LogP contribution in [0.15, 0.2) is 0 Å². The summed E-state index contributed by atoms with van der Waals surface area (Å²) in [6, 6.07) is -0.670. The van der Waals surface area contributed by atoms with E-state index in [2.05, 4.69) is 5.32 Å². The Kier molecular flexibility index (Phi) is 4.79. The van der Waals surface area contributed by atoms with E-state index in [0.717, 1.165) is 4.90 Å². The van der Waals surface area contributed by atoms with Crippen LogP contribution < -0.4 is 5.32 Å². The van der Waals surface area contributed by atoms with Gasteiger partial charge in [0.25, 0.3) is 0 Å². The van der Waals surface area contributed by atoms with E-state index in [1.54, 1.807) is 41.5 Å². The van der Waals surface area contributed by atoms with Crippen molar-refractivity contribution in [2.75, 3.05) is 6.54 Å². The first kappa shape index (κ1) is 16.9. The fourth-order valence-corrected chi connectivity index (χ4v) is 2.04. The minimum atomic E-state index is -1.05. The highest BCUT2D eigenvalue weighted by Gasteiger charge is 2.41. The maximum Gasteiger partial charge on any atom is 0.417 e. The molecule has 0 radical (unpaired) electrons. The molecule has 1 heterocycles. The summed E-state index contributed by atoms with van der Waals surface area (Å²) in [5.41, 5.74) is -1.41. The molecule has 1 N–H and O–H groups in total. The van der Waals surface area contributed by atoms with Crippen LogP contribution in [0, 0.1) is 0 Å². The monoisotopic (exact) mass is 288 g/mol. The van der Waals surface area contributed by atoms with Crippen molar-refractivity contribution in [1.29, 1.82) is 0 Å². The van der Waals surface area contributed by atoms with Crippen LogP contribution in [0.4, 0.5) is 9.18 Å². The third kappa shape index (κ3) is 4.44. The van der Waals surface area contributed by atoms with Crippen molar-refractivity contribution in [2.24, 2.45) is 0 Å². The zero-order valence-electron chi connectivity index (χ0n) is 13.1. The van der Waals surface area contributed by atoms with Crippen LogP contribution in [0.5, 0.6) is 0 Å². The summed E-state index contributed by atoms with van der Waals surface area (Å²) in [5, 5.41) is 2.80. The van der Waals surface area contributed by atoms with Crippen molar-refractivity contribution in [3.63, 3.8) is 0 Å². The molecule has 0 saturated carbocycles. The van der Waals surface area contributed by atoms with Gasteiger partial charge in [0.15, 0.2) is 0 Å². The lowest BCUT2D eigenvalue weighted by molar-refractivity contribution is -0.136. The molecule has 1 rings (SSSR count). The Balaban J connectivity index is 2.90. The second-order valence-corrected chi connectivity index (χ2v) is 7.12. The van der Waals surface area contributed by atoms with Crippen LogP contribution in [0.3, 0.4) is 0 Å².